The van der Waals surface area contributed by atoms with Gasteiger partial charge in [-0.05, 0) is 61.7 Å². The van der Waals surface area contributed by atoms with E-state index in [1.807, 2.05) is 0 Å². The molecule has 6 fully saturated rings. The van der Waals surface area contributed by atoms with Crippen molar-refractivity contribution >= 4 is 5.97 Å². The molecule has 3 saturated carbocycles. The number of carbonyl (C=O) groups is 1. The van der Waals surface area contributed by atoms with Gasteiger partial charge in [0.15, 0.2) is 5.79 Å². The van der Waals surface area contributed by atoms with Crippen LogP contribution in [0.4, 0.5) is 0 Å². The van der Waals surface area contributed by atoms with Crippen molar-refractivity contribution in [2.75, 3.05) is 19.8 Å². The van der Waals surface area contributed by atoms with Crippen LogP contribution < -0.4 is 0 Å². The van der Waals surface area contributed by atoms with E-state index in [0.717, 1.165) is 44.9 Å². The van der Waals surface area contributed by atoms with Gasteiger partial charge in [0.05, 0.1) is 19.1 Å². The summed E-state index contributed by atoms with van der Waals surface area (Å²) in [4.78, 5) is 12.5. The van der Waals surface area contributed by atoms with E-state index in [9.17, 15) is 9.90 Å². The number of esters is 1. The fraction of sp³-hybridized carbons (Fsp3) is 0.952. The Balaban J connectivity index is 1.47. The summed E-state index contributed by atoms with van der Waals surface area (Å²) >= 11 is 0. The zero-order valence-corrected chi connectivity index (χ0v) is 16.0. The Morgan fingerprint density at radius 3 is 2.42 bits per heavy atom. The summed E-state index contributed by atoms with van der Waals surface area (Å²) in [5.41, 5.74) is -0.0714. The predicted molar refractivity (Wildman–Crippen MR) is 94.1 cm³/mol. The highest BCUT2D eigenvalue weighted by Gasteiger charge is 2.67. The van der Waals surface area contributed by atoms with Crippen LogP contribution >= 0.6 is 0 Å². The molecule has 6 aliphatic rings. The highest BCUT2D eigenvalue weighted by Crippen LogP contribution is 2.67. The maximum atomic E-state index is 12.5. The molecule has 1 N–H and O–H groups in total. The molecule has 3 aliphatic heterocycles. The molecule has 26 heavy (non-hydrogen) atoms. The summed E-state index contributed by atoms with van der Waals surface area (Å²) in [6.45, 7) is 6.18. The zero-order valence-electron chi connectivity index (χ0n) is 16.0. The third-order valence-electron chi connectivity index (χ3n) is 9.10. The molecule has 3 saturated heterocycles. The molecule has 0 aromatic heterocycles. The van der Waals surface area contributed by atoms with Crippen LogP contribution in [0.15, 0.2) is 0 Å². The summed E-state index contributed by atoms with van der Waals surface area (Å²) in [6, 6.07) is 0. The van der Waals surface area contributed by atoms with Crippen molar-refractivity contribution in [2.45, 2.75) is 70.7 Å². The minimum atomic E-state index is -0.443. The fourth-order valence-electron chi connectivity index (χ4n) is 7.81. The molecule has 5 nitrogen and oxygen atoms in total. The third kappa shape index (κ3) is 2.05. The van der Waals surface area contributed by atoms with Crippen LogP contribution in [-0.4, -0.2) is 42.8 Å². The number of aliphatic hydroxyl groups is 1. The number of hydrogen-bond acceptors (Lipinski definition) is 5. The Labute approximate surface area is 155 Å². The van der Waals surface area contributed by atoms with Crippen molar-refractivity contribution in [3.8, 4) is 0 Å². The van der Waals surface area contributed by atoms with E-state index in [-0.39, 0.29) is 41.3 Å². The molecule has 0 amide bonds. The van der Waals surface area contributed by atoms with E-state index in [0.29, 0.717) is 25.0 Å². The quantitative estimate of drug-likeness (QED) is 0.763. The van der Waals surface area contributed by atoms with E-state index in [2.05, 4.69) is 13.8 Å². The Hall–Kier alpha value is -0.650. The highest BCUT2D eigenvalue weighted by molar-refractivity contribution is 5.75. The first-order chi connectivity index (χ1) is 12.4. The average molecular weight is 364 g/mol. The fourth-order valence-corrected chi connectivity index (χ4v) is 7.81. The van der Waals surface area contributed by atoms with Crippen LogP contribution in [-0.2, 0) is 19.0 Å². The first kappa shape index (κ1) is 17.4. The van der Waals surface area contributed by atoms with Crippen molar-refractivity contribution < 1.29 is 24.1 Å². The van der Waals surface area contributed by atoms with E-state index >= 15 is 0 Å². The molecule has 6 rings (SSSR count). The molecule has 5 heteroatoms. The Morgan fingerprint density at radius 1 is 1.04 bits per heavy atom. The van der Waals surface area contributed by atoms with Gasteiger partial charge in [-0.15, -0.1) is 0 Å². The highest BCUT2D eigenvalue weighted by atomic mass is 16.7. The van der Waals surface area contributed by atoms with Crippen molar-refractivity contribution in [1.29, 1.82) is 0 Å². The molecule has 7 atom stereocenters. The molecule has 1 unspecified atom stereocenters. The first-order valence-corrected chi connectivity index (χ1v) is 10.5. The lowest BCUT2D eigenvalue weighted by Crippen LogP contribution is -2.59. The second kappa shape index (κ2) is 5.68. The number of carbonyl (C=O) groups excluding carboxylic acids is 1. The van der Waals surface area contributed by atoms with Crippen LogP contribution in [0, 0.1) is 34.5 Å². The molecule has 0 radical (unpaired) electrons. The van der Waals surface area contributed by atoms with Crippen molar-refractivity contribution in [3.05, 3.63) is 0 Å². The SMILES string of the molecule is C[C@]1([C@H]2CC[C@@]3(C)[C@@H](CCC34OCCO4)[C@@H]2CO)CC2CC[C@@H]1C(=O)O2. The van der Waals surface area contributed by atoms with Gasteiger partial charge in [0.1, 0.15) is 6.10 Å². The molecule has 146 valence electrons. The summed E-state index contributed by atoms with van der Waals surface area (Å²) in [5.74, 6) is 0.565. The molecule has 2 bridgehead atoms. The van der Waals surface area contributed by atoms with Gasteiger partial charge in [-0.2, -0.15) is 0 Å². The predicted octanol–water partition coefficient (Wildman–Crippen LogP) is 2.90. The van der Waals surface area contributed by atoms with E-state index in [1.54, 1.807) is 0 Å². The minimum absolute atomic E-state index is 0.00486. The molecular formula is C21H32O5. The van der Waals surface area contributed by atoms with Crippen LogP contribution in [0.2, 0.25) is 0 Å². The molecule has 0 aromatic carbocycles. The average Bonchev–Trinajstić information content (AvgIpc) is 3.21. The molecule has 0 aromatic rings. The van der Waals surface area contributed by atoms with Crippen LogP contribution in [0.5, 0.6) is 0 Å². The molecule has 3 aliphatic carbocycles. The Kier molecular flexibility index (Phi) is 3.81. The maximum absolute atomic E-state index is 12.5. The van der Waals surface area contributed by atoms with Gasteiger partial charge in [-0.1, -0.05) is 13.8 Å². The summed E-state index contributed by atoms with van der Waals surface area (Å²) in [6.07, 6.45) is 7.09. The molecular weight excluding hydrogens is 332 g/mol. The third-order valence-corrected chi connectivity index (χ3v) is 9.10. The van der Waals surface area contributed by atoms with Crippen molar-refractivity contribution in [3.63, 3.8) is 0 Å². The summed E-state index contributed by atoms with van der Waals surface area (Å²) in [7, 11) is 0. The van der Waals surface area contributed by atoms with Crippen LogP contribution in [0.1, 0.15) is 58.8 Å². The smallest absolute Gasteiger partial charge is 0.309 e. The minimum Gasteiger partial charge on any atom is -0.462 e. The van der Waals surface area contributed by atoms with Crippen molar-refractivity contribution in [2.24, 2.45) is 34.5 Å². The lowest BCUT2D eigenvalue weighted by molar-refractivity contribution is -0.249. The van der Waals surface area contributed by atoms with Crippen molar-refractivity contribution in [1.82, 2.24) is 0 Å². The number of hydrogen-bond donors (Lipinski definition) is 1. The lowest BCUT2D eigenvalue weighted by atomic mass is 9.48. The second-order valence-electron chi connectivity index (χ2n) is 9.90. The van der Waals surface area contributed by atoms with E-state index in [4.69, 9.17) is 14.2 Å². The summed E-state index contributed by atoms with van der Waals surface area (Å²) in [5, 5.41) is 10.4. The largest absolute Gasteiger partial charge is 0.462 e. The van der Waals surface area contributed by atoms with Gasteiger partial charge in [0.2, 0.25) is 0 Å². The van der Waals surface area contributed by atoms with E-state index in [1.165, 1.54) is 0 Å². The van der Waals surface area contributed by atoms with Gasteiger partial charge in [0, 0.05) is 18.4 Å². The first-order valence-electron chi connectivity index (χ1n) is 10.5. The number of aliphatic hydroxyl groups excluding tert-OH is 1. The van der Waals surface area contributed by atoms with Crippen LogP contribution in [0.3, 0.4) is 0 Å². The number of fused-ring (bicyclic) bond motifs is 5. The lowest BCUT2D eigenvalue weighted by Gasteiger charge is -2.59. The van der Waals surface area contributed by atoms with Gasteiger partial charge in [0.25, 0.3) is 0 Å². The maximum Gasteiger partial charge on any atom is 0.309 e. The van der Waals surface area contributed by atoms with Gasteiger partial charge in [-0.25, -0.2) is 0 Å². The molecule has 1 spiro atoms. The van der Waals surface area contributed by atoms with Gasteiger partial charge in [-0.3, -0.25) is 4.79 Å². The van der Waals surface area contributed by atoms with E-state index < -0.39 is 5.79 Å². The molecule has 3 heterocycles. The monoisotopic (exact) mass is 364 g/mol. The summed E-state index contributed by atoms with van der Waals surface area (Å²) < 4.78 is 17.9. The van der Waals surface area contributed by atoms with Crippen LogP contribution in [0.25, 0.3) is 0 Å². The number of ether oxygens (including phenoxy) is 3. The Morgan fingerprint density at radius 2 is 1.77 bits per heavy atom. The zero-order chi connectivity index (χ0) is 18.2. The Bertz CT molecular complexity index is 599. The normalized spacial score (nSPS) is 52.3. The topological polar surface area (TPSA) is 65.0 Å². The van der Waals surface area contributed by atoms with Gasteiger partial charge >= 0.3 is 5.97 Å². The second-order valence-corrected chi connectivity index (χ2v) is 9.90. The standard InChI is InChI=1S/C21H32O5/c1-19(11-13-3-4-17(19)18(23)26-13)15-5-7-20(2)16(14(15)12-22)6-8-21(20)24-9-10-25-21/h13-17,22H,3-12H2,1-2H3/t13?,14-,15+,16+,17-,19-,20+/m1/s1. The van der Waals surface area contributed by atoms with Gasteiger partial charge < -0.3 is 19.3 Å². The number of rotatable bonds is 2.